The highest BCUT2D eigenvalue weighted by Gasteiger charge is 2.06. The molecule has 18 heavy (non-hydrogen) atoms. The minimum Gasteiger partial charge on any atom is -0.237 e. The third-order valence-corrected chi connectivity index (χ3v) is 3.57. The Kier molecular flexibility index (Phi) is 4.72. The third kappa shape index (κ3) is 3.53. The lowest BCUT2D eigenvalue weighted by Crippen LogP contribution is -2.01. The second-order valence-corrected chi connectivity index (χ2v) is 5.36. The molecule has 2 nitrogen and oxygen atoms in total. The number of halogens is 2. The van der Waals surface area contributed by atoms with Gasteiger partial charge >= 0.3 is 0 Å². The molecule has 2 rings (SSSR count). The molecule has 0 fully saturated rings. The summed E-state index contributed by atoms with van der Waals surface area (Å²) in [4.78, 5) is 8.83. The Morgan fingerprint density at radius 3 is 2.72 bits per heavy atom. The first-order valence-corrected chi connectivity index (χ1v) is 7.12. The SMILES string of the molecule is CCCc1cc(Cl)nc(Cc2ccccc2Br)n1. The number of aryl methyl sites for hydroxylation is 1. The Bertz CT molecular complexity index is 543. The molecule has 0 unspecified atom stereocenters. The molecule has 0 amide bonds. The second-order valence-electron chi connectivity index (χ2n) is 4.12. The van der Waals surface area contributed by atoms with E-state index in [0.717, 1.165) is 28.8 Å². The molecule has 0 aliphatic carbocycles. The normalized spacial score (nSPS) is 10.6. The van der Waals surface area contributed by atoms with Gasteiger partial charge in [-0.25, -0.2) is 9.97 Å². The number of nitrogens with zero attached hydrogens (tertiary/aromatic N) is 2. The van der Waals surface area contributed by atoms with Crippen molar-refractivity contribution in [3.63, 3.8) is 0 Å². The zero-order chi connectivity index (χ0) is 13.0. The second kappa shape index (κ2) is 6.30. The van der Waals surface area contributed by atoms with Gasteiger partial charge in [0, 0.05) is 16.6 Å². The number of benzene rings is 1. The van der Waals surface area contributed by atoms with Gasteiger partial charge in [0.1, 0.15) is 11.0 Å². The zero-order valence-electron chi connectivity index (χ0n) is 10.2. The van der Waals surface area contributed by atoms with E-state index in [9.17, 15) is 0 Å². The van der Waals surface area contributed by atoms with Crippen LogP contribution >= 0.6 is 27.5 Å². The van der Waals surface area contributed by atoms with E-state index in [1.165, 1.54) is 5.56 Å². The van der Waals surface area contributed by atoms with Gasteiger partial charge in [0.2, 0.25) is 0 Å². The lowest BCUT2D eigenvalue weighted by atomic mass is 10.1. The summed E-state index contributed by atoms with van der Waals surface area (Å²) in [6, 6.07) is 9.93. The molecule has 2 aromatic rings. The van der Waals surface area contributed by atoms with E-state index in [2.05, 4.69) is 38.9 Å². The van der Waals surface area contributed by atoms with Crippen LogP contribution in [0.2, 0.25) is 5.15 Å². The van der Waals surface area contributed by atoms with Gasteiger partial charge < -0.3 is 0 Å². The van der Waals surface area contributed by atoms with Gasteiger partial charge in [-0.1, -0.05) is 59.1 Å². The van der Waals surface area contributed by atoms with Crippen molar-refractivity contribution >= 4 is 27.5 Å². The molecular weight excluding hydrogens is 312 g/mol. The fourth-order valence-corrected chi connectivity index (χ4v) is 2.44. The standard InChI is InChI=1S/C14H14BrClN2/c1-2-5-11-9-13(16)18-14(17-11)8-10-6-3-4-7-12(10)15/h3-4,6-7,9H,2,5,8H2,1H3. The summed E-state index contributed by atoms with van der Waals surface area (Å²) >= 11 is 9.56. The molecule has 0 N–H and O–H groups in total. The van der Waals surface area contributed by atoms with Crippen LogP contribution in [0.4, 0.5) is 0 Å². The summed E-state index contributed by atoms with van der Waals surface area (Å²) in [5.41, 5.74) is 2.18. The van der Waals surface area contributed by atoms with Crippen LogP contribution in [0.3, 0.4) is 0 Å². The summed E-state index contributed by atoms with van der Waals surface area (Å²) in [6.07, 6.45) is 2.69. The van der Waals surface area contributed by atoms with E-state index in [0.29, 0.717) is 11.6 Å². The van der Waals surface area contributed by atoms with Crippen molar-refractivity contribution in [2.24, 2.45) is 0 Å². The predicted octanol–water partition coefficient (Wildman–Crippen LogP) is 4.44. The summed E-state index contributed by atoms with van der Waals surface area (Å²) < 4.78 is 1.07. The van der Waals surface area contributed by atoms with E-state index in [1.807, 2.05) is 24.3 Å². The van der Waals surface area contributed by atoms with Crippen molar-refractivity contribution in [2.45, 2.75) is 26.2 Å². The Morgan fingerprint density at radius 2 is 2.00 bits per heavy atom. The van der Waals surface area contributed by atoms with Crippen molar-refractivity contribution in [3.8, 4) is 0 Å². The van der Waals surface area contributed by atoms with Crippen LogP contribution in [0.15, 0.2) is 34.8 Å². The molecule has 4 heteroatoms. The molecule has 0 atom stereocenters. The Morgan fingerprint density at radius 1 is 1.22 bits per heavy atom. The molecule has 0 spiro atoms. The molecular formula is C14H14BrClN2. The topological polar surface area (TPSA) is 25.8 Å². The van der Waals surface area contributed by atoms with E-state index >= 15 is 0 Å². The van der Waals surface area contributed by atoms with Gasteiger partial charge in [0.25, 0.3) is 0 Å². The monoisotopic (exact) mass is 324 g/mol. The van der Waals surface area contributed by atoms with Gasteiger partial charge in [-0.3, -0.25) is 0 Å². The molecule has 0 aliphatic heterocycles. The van der Waals surface area contributed by atoms with Crippen LogP contribution in [0.1, 0.15) is 30.4 Å². The summed E-state index contributed by atoms with van der Waals surface area (Å²) in [5.74, 6) is 0.776. The average molecular weight is 326 g/mol. The fourth-order valence-electron chi connectivity index (χ4n) is 1.79. The molecule has 1 aromatic heterocycles. The third-order valence-electron chi connectivity index (χ3n) is 2.61. The predicted molar refractivity (Wildman–Crippen MR) is 78.0 cm³/mol. The van der Waals surface area contributed by atoms with Crippen LogP contribution in [-0.4, -0.2) is 9.97 Å². The molecule has 1 aromatic carbocycles. The highest BCUT2D eigenvalue weighted by Crippen LogP contribution is 2.19. The van der Waals surface area contributed by atoms with E-state index in [4.69, 9.17) is 11.6 Å². The Labute approximate surface area is 121 Å². The Hall–Kier alpha value is -0.930. The first-order chi connectivity index (χ1) is 8.69. The summed E-state index contributed by atoms with van der Waals surface area (Å²) in [6.45, 7) is 2.13. The van der Waals surface area contributed by atoms with Crippen molar-refractivity contribution in [1.29, 1.82) is 0 Å². The number of hydrogen-bond acceptors (Lipinski definition) is 2. The number of hydrogen-bond donors (Lipinski definition) is 0. The quantitative estimate of drug-likeness (QED) is 0.777. The van der Waals surface area contributed by atoms with Crippen LogP contribution in [0, 0.1) is 0 Å². The number of aromatic nitrogens is 2. The smallest absolute Gasteiger partial charge is 0.134 e. The van der Waals surface area contributed by atoms with Gasteiger partial charge in [-0.05, 0) is 24.1 Å². The molecule has 0 bridgehead atoms. The molecule has 0 saturated carbocycles. The molecule has 1 heterocycles. The van der Waals surface area contributed by atoms with Crippen LogP contribution in [0.5, 0.6) is 0 Å². The highest BCUT2D eigenvalue weighted by atomic mass is 79.9. The zero-order valence-corrected chi connectivity index (χ0v) is 12.5. The maximum atomic E-state index is 6.03. The van der Waals surface area contributed by atoms with Crippen molar-refractivity contribution in [2.75, 3.05) is 0 Å². The largest absolute Gasteiger partial charge is 0.237 e. The minimum absolute atomic E-state index is 0.524. The van der Waals surface area contributed by atoms with Crippen molar-refractivity contribution in [1.82, 2.24) is 9.97 Å². The molecule has 0 saturated heterocycles. The van der Waals surface area contributed by atoms with E-state index in [1.54, 1.807) is 0 Å². The summed E-state index contributed by atoms with van der Waals surface area (Å²) in [7, 11) is 0. The van der Waals surface area contributed by atoms with Crippen LogP contribution < -0.4 is 0 Å². The van der Waals surface area contributed by atoms with E-state index < -0.39 is 0 Å². The minimum atomic E-state index is 0.524. The van der Waals surface area contributed by atoms with Gasteiger partial charge in [-0.15, -0.1) is 0 Å². The van der Waals surface area contributed by atoms with Crippen LogP contribution in [-0.2, 0) is 12.8 Å². The first-order valence-electron chi connectivity index (χ1n) is 5.94. The Balaban J connectivity index is 2.26. The maximum absolute atomic E-state index is 6.03. The lowest BCUT2D eigenvalue weighted by Gasteiger charge is -2.06. The molecule has 0 aliphatic rings. The van der Waals surface area contributed by atoms with Gasteiger partial charge in [0.05, 0.1) is 0 Å². The van der Waals surface area contributed by atoms with Crippen LogP contribution in [0.25, 0.3) is 0 Å². The van der Waals surface area contributed by atoms with E-state index in [-0.39, 0.29) is 0 Å². The van der Waals surface area contributed by atoms with Crippen molar-refractivity contribution in [3.05, 3.63) is 57.0 Å². The highest BCUT2D eigenvalue weighted by molar-refractivity contribution is 9.10. The summed E-state index contributed by atoms with van der Waals surface area (Å²) in [5, 5.41) is 0.524. The average Bonchev–Trinajstić information content (AvgIpc) is 2.32. The fraction of sp³-hybridized carbons (Fsp3) is 0.286. The van der Waals surface area contributed by atoms with Gasteiger partial charge in [0.15, 0.2) is 0 Å². The van der Waals surface area contributed by atoms with Crippen molar-refractivity contribution < 1.29 is 0 Å². The number of rotatable bonds is 4. The lowest BCUT2D eigenvalue weighted by molar-refractivity contribution is 0.841. The first kappa shape index (κ1) is 13.5. The molecule has 0 radical (unpaired) electrons. The molecule has 94 valence electrons. The maximum Gasteiger partial charge on any atom is 0.134 e. The van der Waals surface area contributed by atoms with Gasteiger partial charge in [-0.2, -0.15) is 0 Å².